The highest BCUT2D eigenvalue weighted by molar-refractivity contribution is 9.10. The molecule has 0 aromatic carbocycles. The summed E-state index contributed by atoms with van der Waals surface area (Å²) in [5.41, 5.74) is 1.99. The second kappa shape index (κ2) is 10.6. The lowest BCUT2D eigenvalue weighted by molar-refractivity contribution is -0.134. The summed E-state index contributed by atoms with van der Waals surface area (Å²) in [5.74, 6) is 0.619. The fourth-order valence-electron chi connectivity index (χ4n) is 2.36. The summed E-state index contributed by atoms with van der Waals surface area (Å²) in [6.45, 7) is 3.44. The van der Waals surface area contributed by atoms with E-state index in [0.29, 0.717) is 41.7 Å². The molecule has 0 aliphatic rings. The smallest absolute Gasteiger partial charge is 0.356 e. The molecule has 0 saturated carbocycles. The van der Waals surface area contributed by atoms with Crippen LogP contribution in [0.15, 0.2) is 16.7 Å². The fraction of sp³-hybridized carbons (Fsp3) is 0.400. The normalized spacial score (nSPS) is 11.2. The van der Waals surface area contributed by atoms with E-state index in [1.807, 2.05) is 0 Å². The van der Waals surface area contributed by atoms with E-state index >= 15 is 0 Å². The summed E-state index contributed by atoms with van der Waals surface area (Å²) >= 11 is 3.82. The monoisotopic (exact) mass is 520 g/mol. The fourth-order valence-corrected chi connectivity index (χ4v) is 4.23. The Bertz CT molecular complexity index is 869. The van der Waals surface area contributed by atoms with Crippen molar-refractivity contribution in [1.82, 2.24) is 25.5 Å². The second-order valence-electron chi connectivity index (χ2n) is 5.60. The Hall–Kier alpha value is -1.14. The van der Waals surface area contributed by atoms with Crippen LogP contribution < -0.4 is 10.6 Å². The molecule has 3 aromatic heterocycles. The molecule has 0 saturated heterocycles. The first-order valence-electron chi connectivity index (χ1n) is 7.83. The van der Waals surface area contributed by atoms with Crippen molar-refractivity contribution in [2.75, 3.05) is 18.4 Å². The van der Waals surface area contributed by atoms with Gasteiger partial charge >= 0.3 is 6.18 Å². The van der Waals surface area contributed by atoms with E-state index in [-0.39, 0.29) is 29.3 Å². The number of aromatic nitrogens is 4. The molecule has 156 valence electrons. The number of hydrogen-bond acceptors (Lipinski definition) is 6. The second-order valence-corrected chi connectivity index (χ2v) is 7.50. The maximum atomic E-state index is 12.9. The van der Waals surface area contributed by atoms with Gasteiger partial charge in [-0.2, -0.15) is 23.3 Å². The molecule has 0 spiro atoms. The number of fused-ring (bicyclic) bond motifs is 1. The van der Waals surface area contributed by atoms with Crippen LogP contribution >= 0.6 is 52.1 Å². The Morgan fingerprint density at radius 3 is 2.64 bits per heavy atom. The first kappa shape index (κ1) is 24.9. The van der Waals surface area contributed by atoms with Crippen molar-refractivity contribution in [2.24, 2.45) is 0 Å². The molecular formula is C15H18BrCl2F3N6S. The highest BCUT2D eigenvalue weighted by Gasteiger charge is 2.36. The maximum absolute atomic E-state index is 12.9. The minimum atomic E-state index is -4.33. The first-order valence-corrected chi connectivity index (χ1v) is 9.44. The van der Waals surface area contributed by atoms with Crippen LogP contribution in [0.2, 0.25) is 0 Å². The number of aromatic amines is 1. The minimum Gasteiger partial charge on any atom is -0.356 e. The summed E-state index contributed by atoms with van der Waals surface area (Å²) in [5, 5.41) is 14.0. The Morgan fingerprint density at radius 1 is 1.25 bits per heavy atom. The van der Waals surface area contributed by atoms with Crippen molar-refractivity contribution in [3.8, 4) is 0 Å². The van der Waals surface area contributed by atoms with Gasteiger partial charge in [-0.15, -0.1) is 41.2 Å². The van der Waals surface area contributed by atoms with E-state index in [1.54, 1.807) is 19.2 Å². The number of nitrogens with zero attached hydrogens (tertiary/aromatic N) is 3. The Labute approximate surface area is 184 Å². The van der Waals surface area contributed by atoms with Crippen LogP contribution in [0.25, 0.3) is 11.2 Å². The maximum Gasteiger partial charge on any atom is 0.426 e. The lowest BCUT2D eigenvalue weighted by atomic mass is 10.2. The lowest BCUT2D eigenvalue weighted by Gasteiger charge is -2.05. The van der Waals surface area contributed by atoms with Gasteiger partial charge < -0.3 is 15.6 Å². The molecule has 0 radical (unpaired) electrons. The number of alkyl halides is 3. The molecule has 0 fully saturated rings. The Balaban J connectivity index is 0.00000196. The van der Waals surface area contributed by atoms with E-state index in [1.165, 1.54) is 0 Å². The van der Waals surface area contributed by atoms with Crippen molar-refractivity contribution in [2.45, 2.75) is 26.1 Å². The van der Waals surface area contributed by atoms with E-state index in [2.05, 4.69) is 46.7 Å². The predicted molar refractivity (Wildman–Crippen MR) is 113 cm³/mol. The molecule has 0 atom stereocenters. The number of imidazole rings is 1. The highest BCUT2D eigenvalue weighted by atomic mass is 79.9. The van der Waals surface area contributed by atoms with Gasteiger partial charge in [0.25, 0.3) is 0 Å². The number of hydrogen-bond donors (Lipinski definition) is 3. The van der Waals surface area contributed by atoms with E-state index < -0.39 is 11.1 Å². The molecule has 0 aliphatic carbocycles. The van der Waals surface area contributed by atoms with Gasteiger partial charge in [0.1, 0.15) is 4.88 Å². The molecule has 3 heterocycles. The highest BCUT2D eigenvalue weighted by Crippen LogP contribution is 2.43. The molecule has 0 amide bonds. The molecule has 13 heteroatoms. The topological polar surface area (TPSA) is 78.5 Å². The summed E-state index contributed by atoms with van der Waals surface area (Å²) in [4.78, 5) is 7.45. The standard InChI is InChI=1S/C15H16BrF3N6S.2ClH/c1-8-10(26-12(11(8)16)15(17,18)19)7-20-4-2-5-21-14-23-9-3-6-22-25-13(9)24-14;;/h3,6,20H,2,4-5,7H2,1H3,(H2,21,23,24,25);2*1H. The third-order valence-electron chi connectivity index (χ3n) is 3.71. The zero-order valence-corrected chi connectivity index (χ0v) is 18.6. The predicted octanol–water partition coefficient (Wildman–Crippen LogP) is 4.94. The van der Waals surface area contributed by atoms with Gasteiger partial charge in [-0.3, -0.25) is 0 Å². The van der Waals surface area contributed by atoms with Gasteiger partial charge in [-0.25, -0.2) is 0 Å². The van der Waals surface area contributed by atoms with Crippen molar-refractivity contribution < 1.29 is 13.2 Å². The van der Waals surface area contributed by atoms with Gasteiger partial charge in [-0.1, -0.05) is 0 Å². The van der Waals surface area contributed by atoms with Crippen LogP contribution in [-0.4, -0.2) is 33.3 Å². The molecule has 28 heavy (non-hydrogen) atoms. The van der Waals surface area contributed by atoms with E-state index in [9.17, 15) is 13.2 Å². The molecular weight excluding hydrogens is 504 g/mol. The quantitative estimate of drug-likeness (QED) is 0.384. The van der Waals surface area contributed by atoms with Crippen molar-refractivity contribution in [1.29, 1.82) is 0 Å². The zero-order valence-electron chi connectivity index (χ0n) is 14.6. The van der Waals surface area contributed by atoms with Crippen LogP contribution in [0.3, 0.4) is 0 Å². The largest absolute Gasteiger partial charge is 0.426 e. The van der Waals surface area contributed by atoms with Gasteiger partial charge in [0.15, 0.2) is 0 Å². The third kappa shape index (κ3) is 5.93. The molecule has 3 rings (SSSR count). The molecule has 3 N–H and O–H groups in total. The van der Waals surface area contributed by atoms with Crippen molar-refractivity contribution >= 4 is 69.2 Å². The van der Waals surface area contributed by atoms with Crippen LogP contribution in [0, 0.1) is 6.92 Å². The molecule has 3 aromatic rings. The number of H-pyrrole nitrogens is 1. The number of anilines is 1. The number of rotatable bonds is 7. The third-order valence-corrected chi connectivity index (χ3v) is 6.30. The minimum absolute atomic E-state index is 0. The van der Waals surface area contributed by atoms with Gasteiger partial charge in [0.05, 0.1) is 11.7 Å². The summed E-state index contributed by atoms with van der Waals surface area (Å²) in [7, 11) is 0. The van der Waals surface area contributed by atoms with Crippen LogP contribution in [-0.2, 0) is 12.7 Å². The van der Waals surface area contributed by atoms with Gasteiger partial charge in [0, 0.05) is 22.4 Å². The van der Waals surface area contributed by atoms with Gasteiger partial charge in [-0.05, 0) is 47.4 Å². The van der Waals surface area contributed by atoms with Gasteiger partial charge in [0.2, 0.25) is 11.6 Å². The molecule has 0 aliphatic heterocycles. The summed E-state index contributed by atoms with van der Waals surface area (Å²) in [6, 6.07) is 1.79. The first-order chi connectivity index (χ1) is 12.4. The average Bonchev–Trinajstić information content (AvgIpc) is 3.12. The van der Waals surface area contributed by atoms with Crippen LogP contribution in [0.5, 0.6) is 0 Å². The average molecular weight is 522 g/mol. The van der Waals surface area contributed by atoms with Crippen LogP contribution in [0.4, 0.5) is 19.1 Å². The van der Waals surface area contributed by atoms with Crippen molar-refractivity contribution in [3.63, 3.8) is 0 Å². The molecule has 0 bridgehead atoms. The summed E-state index contributed by atoms with van der Waals surface area (Å²) < 4.78 is 38.9. The lowest BCUT2D eigenvalue weighted by Crippen LogP contribution is -2.17. The Morgan fingerprint density at radius 2 is 2.00 bits per heavy atom. The van der Waals surface area contributed by atoms with Crippen molar-refractivity contribution in [3.05, 3.63) is 32.1 Å². The number of thiophene rings is 1. The van der Waals surface area contributed by atoms with E-state index in [0.717, 1.165) is 23.3 Å². The SMILES string of the molecule is Cc1c(CNCCCNc2nc3nnccc3[nH]2)sc(C(F)(F)F)c1Br.Cl.Cl. The summed E-state index contributed by atoms with van der Waals surface area (Å²) in [6.07, 6.45) is -1.95. The molecule has 0 unspecified atom stereocenters. The zero-order chi connectivity index (χ0) is 18.7. The van der Waals surface area contributed by atoms with E-state index in [4.69, 9.17) is 0 Å². The van der Waals surface area contributed by atoms with Crippen LogP contribution in [0.1, 0.15) is 21.7 Å². The Kier molecular flexibility index (Phi) is 9.41. The number of nitrogens with one attached hydrogen (secondary N) is 3. The number of halogens is 6. The molecule has 6 nitrogen and oxygen atoms in total.